The standard InChI is InChI=1S/C9H8N2O/c1-6(12)8-4-2-3-7(5-10)9(8)11/h2-4H,11H2,1H3. The number of carbonyl (C=O) groups excluding carboxylic acids is 1. The minimum atomic E-state index is -0.121. The molecule has 0 radical (unpaired) electrons. The molecular weight excluding hydrogens is 152 g/mol. The van der Waals surface area contributed by atoms with Crippen molar-refractivity contribution in [2.24, 2.45) is 0 Å². The van der Waals surface area contributed by atoms with Gasteiger partial charge >= 0.3 is 0 Å². The van der Waals surface area contributed by atoms with E-state index < -0.39 is 0 Å². The van der Waals surface area contributed by atoms with E-state index >= 15 is 0 Å². The Morgan fingerprint density at radius 3 is 2.75 bits per heavy atom. The van der Waals surface area contributed by atoms with Crippen LogP contribution in [-0.2, 0) is 0 Å². The topological polar surface area (TPSA) is 66.9 Å². The van der Waals surface area contributed by atoms with Gasteiger partial charge in [0.15, 0.2) is 5.78 Å². The van der Waals surface area contributed by atoms with Crippen molar-refractivity contribution in [2.45, 2.75) is 6.92 Å². The number of rotatable bonds is 1. The minimum Gasteiger partial charge on any atom is -0.397 e. The summed E-state index contributed by atoms with van der Waals surface area (Å²) < 4.78 is 0. The van der Waals surface area contributed by atoms with Crippen molar-refractivity contribution in [3.63, 3.8) is 0 Å². The fourth-order valence-electron chi connectivity index (χ4n) is 0.970. The number of nitrogen functional groups attached to an aromatic ring is 1. The van der Waals surface area contributed by atoms with Crippen LogP contribution in [0.4, 0.5) is 5.69 Å². The highest BCUT2D eigenvalue weighted by Gasteiger charge is 2.06. The summed E-state index contributed by atoms with van der Waals surface area (Å²) in [5.74, 6) is -0.121. The second kappa shape index (κ2) is 3.05. The van der Waals surface area contributed by atoms with Crippen LogP contribution < -0.4 is 5.73 Å². The lowest BCUT2D eigenvalue weighted by molar-refractivity contribution is 0.101. The average Bonchev–Trinajstić information content (AvgIpc) is 2.04. The number of anilines is 1. The van der Waals surface area contributed by atoms with E-state index in [1.807, 2.05) is 6.07 Å². The van der Waals surface area contributed by atoms with Crippen molar-refractivity contribution in [2.75, 3.05) is 5.73 Å². The number of para-hydroxylation sites is 1. The van der Waals surface area contributed by atoms with Gasteiger partial charge in [0.2, 0.25) is 0 Å². The summed E-state index contributed by atoms with van der Waals surface area (Å²) in [6.45, 7) is 1.42. The molecule has 0 fully saturated rings. The smallest absolute Gasteiger partial charge is 0.161 e. The molecule has 1 rings (SSSR count). The van der Waals surface area contributed by atoms with Crippen LogP contribution in [0.5, 0.6) is 0 Å². The molecule has 0 saturated carbocycles. The predicted molar refractivity (Wildman–Crippen MR) is 45.6 cm³/mol. The van der Waals surface area contributed by atoms with Crippen LogP contribution in [-0.4, -0.2) is 5.78 Å². The van der Waals surface area contributed by atoms with Crippen LogP contribution in [0.2, 0.25) is 0 Å². The van der Waals surface area contributed by atoms with E-state index in [0.717, 1.165) is 0 Å². The van der Waals surface area contributed by atoms with Crippen LogP contribution in [0, 0.1) is 11.3 Å². The Morgan fingerprint density at radius 2 is 2.25 bits per heavy atom. The summed E-state index contributed by atoms with van der Waals surface area (Å²) in [6, 6.07) is 6.75. The molecule has 3 heteroatoms. The van der Waals surface area contributed by atoms with Gasteiger partial charge in [-0.15, -0.1) is 0 Å². The second-order valence-corrected chi connectivity index (χ2v) is 2.43. The van der Waals surface area contributed by atoms with E-state index in [-0.39, 0.29) is 11.5 Å². The van der Waals surface area contributed by atoms with E-state index in [4.69, 9.17) is 11.0 Å². The largest absolute Gasteiger partial charge is 0.397 e. The molecule has 3 nitrogen and oxygen atoms in total. The van der Waals surface area contributed by atoms with Crippen LogP contribution in [0.1, 0.15) is 22.8 Å². The normalized spacial score (nSPS) is 9.00. The molecular formula is C9H8N2O. The molecule has 0 bridgehead atoms. The van der Waals surface area contributed by atoms with Crippen molar-refractivity contribution in [1.29, 1.82) is 5.26 Å². The summed E-state index contributed by atoms with van der Waals surface area (Å²) in [5.41, 5.74) is 6.58. The maximum atomic E-state index is 10.9. The third-order valence-electron chi connectivity index (χ3n) is 1.61. The first-order valence-corrected chi connectivity index (χ1v) is 3.46. The number of Topliss-reactive ketones (excluding diaryl/α,β-unsaturated/α-hetero) is 1. The van der Waals surface area contributed by atoms with Crippen molar-refractivity contribution in [3.8, 4) is 6.07 Å². The number of nitriles is 1. The van der Waals surface area contributed by atoms with Crippen LogP contribution in [0.15, 0.2) is 18.2 Å². The Morgan fingerprint density at radius 1 is 1.58 bits per heavy atom. The van der Waals surface area contributed by atoms with Crippen LogP contribution >= 0.6 is 0 Å². The van der Waals surface area contributed by atoms with Crippen molar-refractivity contribution >= 4 is 11.5 Å². The number of benzene rings is 1. The fourth-order valence-corrected chi connectivity index (χ4v) is 0.970. The molecule has 0 atom stereocenters. The lowest BCUT2D eigenvalue weighted by Crippen LogP contribution is -2.01. The number of nitrogens with zero attached hydrogens (tertiary/aromatic N) is 1. The molecule has 0 aliphatic rings. The number of hydrogen-bond acceptors (Lipinski definition) is 3. The molecule has 0 amide bonds. The van der Waals surface area contributed by atoms with E-state index in [2.05, 4.69) is 0 Å². The van der Waals surface area contributed by atoms with E-state index in [9.17, 15) is 4.79 Å². The highest BCUT2D eigenvalue weighted by molar-refractivity contribution is 6.00. The minimum absolute atomic E-state index is 0.121. The molecule has 60 valence electrons. The molecule has 0 unspecified atom stereocenters. The summed E-state index contributed by atoms with van der Waals surface area (Å²) in [5, 5.41) is 8.58. The third kappa shape index (κ3) is 1.28. The number of nitrogens with two attached hydrogens (primary N) is 1. The van der Waals surface area contributed by atoms with E-state index in [1.165, 1.54) is 6.92 Å². The number of ketones is 1. The van der Waals surface area contributed by atoms with Crippen molar-refractivity contribution in [3.05, 3.63) is 29.3 Å². The van der Waals surface area contributed by atoms with Gasteiger partial charge in [-0.05, 0) is 19.1 Å². The van der Waals surface area contributed by atoms with Crippen molar-refractivity contribution in [1.82, 2.24) is 0 Å². The van der Waals surface area contributed by atoms with E-state index in [0.29, 0.717) is 11.1 Å². The first kappa shape index (κ1) is 8.28. The average molecular weight is 160 g/mol. The fraction of sp³-hybridized carbons (Fsp3) is 0.111. The summed E-state index contributed by atoms with van der Waals surface area (Å²) in [4.78, 5) is 10.9. The van der Waals surface area contributed by atoms with Gasteiger partial charge in [0.25, 0.3) is 0 Å². The van der Waals surface area contributed by atoms with Gasteiger partial charge in [0.1, 0.15) is 6.07 Å². The summed E-state index contributed by atoms with van der Waals surface area (Å²) in [7, 11) is 0. The molecule has 0 aliphatic heterocycles. The molecule has 0 aliphatic carbocycles. The van der Waals surface area contributed by atoms with Gasteiger partial charge in [-0.1, -0.05) is 6.07 Å². The van der Waals surface area contributed by atoms with Crippen LogP contribution in [0.25, 0.3) is 0 Å². The van der Waals surface area contributed by atoms with Gasteiger partial charge < -0.3 is 5.73 Å². The molecule has 1 aromatic rings. The lowest BCUT2D eigenvalue weighted by Gasteiger charge is -2.01. The Balaban J connectivity index is 3.35. The summed E-state index contributed by atoms with van der Waals surface area (Å²) >= 11 is 0. The molecule has 2 N–H and O–H groups in total. The molecule has 0 saturated heterocycles. The Hall–Kier alpha value is -1.82. The Kier molecular flexibility index (Phi) is 2.11. The molecule has 0 spiro atoms. The predicted octanol–water partition coefficient (Wildman–Crippen LogP) is 1.34. The number of hydrogen-bond donors (Lipinski definition) is 1. The summed E-state index contributed by atoms with van der Waals surface area (Å²) in [6.07, 6.45) is 0. The van der Waals surface area contributed by atoms with Gasteiger partial charge in [-0.3, -0.25) is 4.79 Å². The SMILES string of the molecule is CC(=O)c1cccc(C#N)c1N. The highest BCUT2D eigenvalue weighted by Crippen LogP contribution is 2.16. The molecule has 0 aromatic heterocycles. The zero-order valence-electron chi connectivity index (χ0n) is 6.66. The van der Waals surface area contributed by atoms with Gasteiger partial charge in [0.05, 0.1) is 11.3 Å². The highest BCUT2D eigenvalue weighted by atomic mass is 16.1. The third-order valence-corrected chi connectivity index (χ3v) is 1.61. The maximum Gasteiger partial charge on any atom is 0.161 e. The molecule has 12 heavy (non-hydrogen) atoms. The maximum absolute atomic E-state index is 10.9. The van der Waals surface area contributed by atoms with Crippen molar-refractivity contribution < 1.29 is 4.79 Å². The first-order valence-electron chi connectivity index (χ1n) is 3.46. The van der Waals surface area contributed by atoms with E-state index in [1.54, 1.807) is 18.2 Å². The first-order chi connectivity index (χ1) is 5.66. The Labute approximate surface area is 70.4 Å². The zero-order valence-corrected chi connectivity index (χ0v) is 6.66. The zero-order chi connectivity index (χ0) is 9.14. The van der Waals surface area contributed by atoms with Crippen LogP contribution in [0.3, 0.4) is 0 Å². The van der Waals surface area contributed by atoms with Gasteiger partial charge in [0, 0.05) is 5.56 Å². The number of carbonyl (C=O) groups is 1. The quantitative estimate of drug-likeness (QED) is 0.498. The molecule has 0 heterocycles. The molecule has 1 aromatic carbocycles. The lowest BCUT2D eigenvalue weighted by atomic mass is 10.1. The Bertz CT molecular complexity index is 363. The van der Waals surface area contributed by atoms with Gasteiger partial charge in [-0.25, -0.2) is 0 Å². The second-order valence-electron chi connectivity index (χ2n) is 2.43. The monoisotopic (exact) mass is 160 g/mol. The van der Waals surface area contributed by atoms with Gasteiger partial charge in [-0.2, -0.15) is 5.26 Å².